The van der Waals surface area contributed by atoms with Gasteiger partial charge in [-0.2, -0.15) is 0 Å². The van der Waals surface area contributed by atoms with Gasteiger partial charge in [0.05, 0.1) is 7.11 Å². The topological polar surface area (TPSA) is 45.2 Å². The van der Waals surface area contributed by atoms with E-state index in [1.54, 1.807) is 7.11 Å². The molecule has 0 radical (unpaired) electrons. The van der Waals surface area contributed by atoms with Crippen LogP contribution in [0.3, 0.4) is 0 Å². The third-order valence-corrected chi connectivity index (χ3v) is 3.04. The Hall–Kier alpha value is -1.48. The van der Waals surface area contributed by atoms with Crippen molar-refractivity contribution >= 4 is 10.9 Å². The van der Waals surface area contributed by atoms with Crippen LogP contribution in [0.4, 0.5) is 0 Å². The molecule has 0 bridgehead atoms. The van der Waals surface area contributed by atoms with E-state index in [9.17, 15) is 5.11 Å². The smallest absolute Gasteiger partial charge is 0.132 e. The number of aryl methyl sites for hydroxylation is 1. The van der Waals surface area contributed by atoms with Crippen LogP contribution in [0.1, 0.15) is 24.0 Å². The molecule has 1 heterocycles. The number of hydrogen-bond acceptors (Lipinski definition) is 2. The minimum atomic E-state index is 0.0913. The van der Waals surface area contributed by atoms with E-state index in [2.05, 4.69) is 11.9 Å². The molecule has 0 aliphatic heterocycles. The SMILES string of the molecule is COc1c(C(C)CO)ccc2[nH]cc(C)c12. The van der Waals surface area contributed by atoms with Crippen LogP contribution in [0.15, 0.2) is 18.3 Å². The molecule has 0 aliphatic carbocycles. The second-order valence-corrected chi connectivity index (χ2v) is 4.17. The van der Waals surface area contributed by atoms with Crippen LogP contribution in [0.5, 0.6) is 5.75 Å². The maximum absolute atomic E-state index is 9.24. The number of hydrogen-bond donors (Lipinski definition) is 2. The lowest BCUT2D eigenvalue weighted by Crippen LogP contribution is -2.02. The van der Waals surface area contributed by atoms with Crippen LogP contribution in [0, 0.1) is 6.92 Å². The molecular formula is C13H17NO2. The van der Waals surface area contributed by atoms with Crippen molar-refractivity contribution in [2.24, 2.45) is 0 Å². The number of aliphatic hydroxyl groups is 1. The second-order valence-electron chi connectivity index (χ2n) is 4.17. The Balaban J connectivity index is 2.71. The molecule has 16 heavy (non-hydrogen) atoms. The number of benzene rings is 1. The fourth-order valence-electron chi connectivity index (χ4n) is 2.08. The van der Waals surface area contributed by atoms with E-state index in [-0.39, 0.29) is 12.5 Å². The molecule has 0 aliphatic rings. The van der Waals surface area contributed by atoms with Crippen molar-refractivity contribution in [3.63, 3.8) is 0 Å². The maximum atomic E-state index is 9.24. The number of aromatic nitrogens is 1. The van der Waals surface area contributed by atoms with E-state index in [4.69, 9.17) is 4.74 Å². The molecule has 0 saturated heterocycles. The van der Waals surface area contributed by atoms with Crippen molar-refractivity contribution in [3.8, 4) is 5.75 Å². The molecule has 3 heteroatoms. The van der Waals surface area contributed by atoms with E-state index in [0.717, 1.165) is 22.2 Å². The number of fused-ring (bicyclic) bond motifs is 1. The van der Waals surface area contributed by atoms with E-state index in [1.807, 2.05) is 25.3 Å². The Kier molecular flexibility index (Phi) is 2.88. The molecule has 2 rings (SSSR count). The van der Waals surface area contributed by atoms with Crippen molar-refractivity contribution in [1.29, 1.82) is 0 Å². The number of rotatable bonds is 3. The van der Waals surface area contributed by atoms with Gasteiger partial charge in [0.1, 0.15) is 5.75 Å². The Morgan fingerprint density at radius 2 is 2.19 bits per heavy atom. The summed E-state index contributed by atoms with van der Waals surface area (Å²) in [5.41, 5.74) is 3.29. The van der Waals surface area contributed by atoms with E-state index >= 15 is 0 Å². The van der Waals surface area contributed by atoms with Crippen molar-refractivity contribution in [2.45, 2.75) is 19.8 Å². The summed E-state index contributed by atoms with van der Waals surface area (Å²) in [5, 5.41) is 10.3. The lowest BCUT2D eigenvalue weighted by molar-refractivity contribution is 0.270. The standard InChI is InChI=1S/C13H17NO2/c1-8-6-14-11-5-4-10(9(2)7-15)13(16-3)12(8)11/h4-6,9,14-15H,7H2,1-3H3. The monoisotopic (exact) mass is 219 g/mol. The minimum absolute atomic E-state index is 0.0913. The first-order chi connectivity index (χ1) is 7.69. The lowest BCUT2D eigenvalue weighted by atomic mass is 9.98. The Morgan fingerprint density at radius 3 is 2.81 bits per heavy atom. The first-order valence-electron chi connectivity index (χ1n) is 5.44. The quantitative estimate of drug-likeness (QED) is 0.833. The minimum Gasteiger partial charge on any atom is -0.496 e. The van der Waals surface area contributed by atoms with Crippen LogP contribution in [0.25, 0.3) is 10.9 Å². The number of ether oxygens (including phenoxy) is 1. The highest BCUT2D eigenvalue weighted by atomic mass is 16.5. The van der Waals surface area contributed by atoms with Gasteiger partial charge in [0, 0.05) is 29.6 Å². The van der Waals surface area contributed by atoms with Gasteiger partial charge >= 0.3 is 0 Å². The number of aliphatic hydroxyl groups excluding tert-OH is 1. The molecule has 0 amide bonds. The van der Waals surface area contributed by atoms with Crippen LogP contribution in [-0.2, 0) is 0 Å². The number of methoxy groups -OCH3 is 1. The highest BCUT2D eigenvalue weighted by molar-refractivity contribution is 5.90. The molecule has 2 N–H and O–H groups in total. The molecule has 3 nitrogen and oxygen atoms in total. The molecule has 1 atom stereocenters. The predicted octanol–water partition coefficient (Wildman–Crippen LogP) is 2.58. The largest absolute Gasteiger partial charge is 0.496 e. The fourth-order valence-corrected chi connectivity index (χ4v) is 2.08. The summed E-state index contributed by atoms with van der Waals surface area (Å²) in [5.74, 6) is 0.964. The predicted molar refractivity (Wildman–Crippen MR) is 65.1 cm³/mol. The summed E-state index contributed by atoms with van der Waals surface area (Å²) in [6.45, 7) is 4.17. The first kappa shape index (κ1) is 11.0. The van der Waals surface area contributed by atoms with Crippen LogP contribution < -0.4 is 4.74 Å². The molecule has 0 fully saturated rings. The van der Waals surface area contributed by atoms with Gasteiger partial charge in [0.2, 0.25) is 0 Å². The number of aromatic amines is 1. The van der Waals surface area contributed by atoms with Gasteiger partial charge < -0.3 is 14.8 Å². The van der Waals surface area contributed by atoms with Gasteiger partial charge in [0.25, 0.3) is 0 Å². The van der Waals surface area contributed by atoms with Crippen molar-refractivity contribution in [1.82, 2.24) is 4.98 Å². The summed E-state index contributed by atoms with van der Waals surface area (Å²) in [4.78, 5) is 3.20. The zero-order valence-corrected chi connectivity index (χ0v) is 9.87. The summed E-state index contributed by atoms with van der Waals surface area (Å²) < 4.78 is 5.49. The third-order valence-electron chi connectivity index (χ3n) is 3.04. The lowest BCUT2D eigenvalue weighted by Gasteiger charge is -2.14. The Labute approximate surface area is 95.1 Å². The summed E-state index contributed by atoms with van der Waals surface area (Å²) >= 11 is 0. The van der Waals surface area contributed by atoms with Gasteiger partial charge in [-0.25, -0.2) is 0 Å². The number of H-pyrrole nitrogens is 1. The van der Waals surface area contributed by atoms with Crippen LogP contribution >= 0.6 is 0 Å². The van der Waals surface area contributed by atoms with Crippen LogP contribution in [0.2, 0.25) is 0 Å². The van der Waals surface area contributed by atoms with Gasteiger partial charge in [-0.3, -0.25) is 0 Å². The third kappa shape index (κ3) is 1.57. The highest BCUT2D eigenvalue weighted by Crippen LogP contribution is 2.35. The molecule has 0 saturated carbocycles. The van der Waals surface area contributed by atoms with Crippen molar-refractivity contribution in [2.75, 3.05) is 13.7 Å². The van der Waals surface area contributed by atoms with Gasteiger partial charge in [0.15, 0.2) is 0 Å². The van der Waals surface area contributed by atoms with E-state index < -0.39 is 0 Å². The Morgan fingerprint density at radius 1 is 1.44 bits per heavy atom. The molecule has 1 aromatic carbocycles. The average molecular weight is 219 g/mol. The molecule has 1 aromatic heterocycles. The van der Waals surface area contributed by atoms with Gasteiger partial charge in [-0.05, 0) is 24.1 Å². The number of nitrogens with one attached hydrogen (secondary N) is 1. The average Bonchev–Trinajstić information content (AvgIpc) is 2.69. The maximum Gasteiger partial charge on any atom is 0.132 e. The van der Waals surface area contributed by atoms with Crippen molar-refractivity contribution in [3.05, 3.63) is 29.5 Å². The zero-order valence-electron chi connectivity index (χ0n) is 9.87. The summed E-state index contributed by atoms with van der Waals surface area (Å²) in [6, 6.07) is 4.05. The normalized spacial score (nSPS) is 13.0. The zero-order chi connectivity index (χ0) is 11.7. The molecule has 86 valence electrons. The van der Waals surface area contributed by atoms with E-state index in [1.165, 1.54) is 5.56 Å². The second kappa shape index (κ2) is 4.18. The van der Waals surface area contributed by atoms with Gasteiger partial charge in [-0.15, -0.1) is 0 Å². The summed E-state index contributed by atoms with van der Waals surface area (Å²) in [7, 11) is 1.68. The first-order valence-corrected chi connectivity index (χ1v) is 5.44. The van der Waals surface area contributed by atoms with Crippen molar-refractivity contribution < 1.29 is 9.84 Å². The molecular weight excluding hydrogens is 202 g/mol. The fraction of sp³-hybridized carbons (Fsp3) is 0.385. The summed E-state index contributed by atoms with van der Waals surface area (Å²) in [6.07, 6.45) is 1.97. The molecule has 2 aromatic rings. The highest BCUT2D eigenvalue weighted by Gasteiger charge is 2.15. The van der Waals surface area contributed by atoms with Crippen LogP contribution in [-0.4, -0.2) is 23.8 Å². The van der Waals surface area contributed by atoms with E-state index in [0.29, 0.717) is 0 Å². The molecule has 0 spiro atoms. The molecule has 1 unspecified atom stereocenters. The van der Waals surface area contributed by atoms with Gasteiger partial charge in [-0.1, -0.05) is 13.0 Å². The Bertz CT molecular complexity index is 502.